The number of aromatic nitrogens is 1. The Morgan fingerprint density at radius 3 is 2.85 bits per heavy atom. The van der Waals surface area contributed by atoms with Crippen molar-refractivity contribution in [2.24, 2.45) is 11.7 Å². The van der Waals surface area contributed by atoms with Gasteiger partial charge in [-0.15, -0.1) is 11.3 Å². The number of nitrogens with one attached hydrogen (secondary N) is 1. The van der Waals surface area contributed by atoms with E-state index in [0.29, 0.717) is 25.7 Å². The van der Waals surface area contributed by atoms with E-state index in [2.05, 4.69) is 24.1 Å². The summed E-state index contributed by atoms with van der Waals surface area (Å²) in [6.45, 7) is 6.09. The number of ether oxygens (including phenoxy) is 1. The molecule has 0 saturated carbocycles. The Labute approximate surface area is 123 Å². The Balaban J connectivity index is 1.81. The van der Waals surface area contributed by atoms with Gasteiger partial charge in [-0.2, -0.15) is 0 Å². The highest BCUT2D eigenvalue weighted by Crippen LogP contribution is 2.19. The average molecular weight is 297 g/mol. The molecule has 5 nitrogen and oxygen atoms in total. The van der Waals surface area contributed by atoms with Crippen LogP contribution in [0.4, 0.5) is 0 Å². The molecule has 1 aromatic rings. The predicted molar refractivity (Wildman–Crippen MR) is 79.6 cm³/mol. The monoisotopic (exact) mass is 297 g/mol. The third-order valence-corrected chi connectivity index (χ3v) is 4.52. The van der Waals surface area contributed by atoms with Gasteiger partial charge in [-0.25, -0.2) is 4.98 Å². The van der Waals surface area contributed by atoms with E-state index in [4.69, 9.17) is 10.5 Å². The lowest BCUT2D eigenvalue weighted by molar-refractivity contribution is -0.124. The molecular weight excluding hydrogens is 274 g/mol. The van der Waals surface area contributed by atoms with Crippen LogP contribution in [0, 0.1) is 5.92 Å². The third-order valence-electron chi connectivity index (χ3n) is 3.65. The van der Waals surface area contributed by atoms with E-state index in [-0.39, 0.29) is 11.8 Å². The zero-order valence-electron chi connectivity index (χ0n) is 12.1. The molecular formula is C14H23N3O2S. The van der Waals surface area contributed by atoms with E-state index in [1.807, 2.05) is 5.38 Å². The highest BCUT2D eigenvalue weighted by Gasteiger charge is 2.26. The quantitative estimate of drug-likeness (QED) is 0.866. The van der Waals surface area contributed by atoms with Crippen LogP contribution >= 0.6 is 11.3 Å². The minimum absolute atomic E-state index is 0.0850. The number of hydrogen-bond donors (Lipinski definition) is 2. The molecule has 1 saturated heterocycles. The van der Waals surface area contributed by atoms with Crippen LogP contribution in [0.25, 0.3) is 0 Å². The summed E-state index contributed by atoms with van der Waals surface area (Å²) in [6.07, 6.45) is 1.73. The Hall–Kier alpha value is -0.980. The summed E-state index contributed by atoms with van der Waals surface area (Å²) in [5, 5.41) is 5.87. The van der Waals surface area contributed by atoms with Gasteiger partial charge in [0.2, 0.25) is 5.91 Å². The predicted octanol–water partition coefficient (Wildman–Crippen LogP) is 1.64. The van der Waals surface area contributed by atoms with Gasteiger partial charge in [-0.3, -0.25) is 4.79 Å². The molecule has 2 heterocycles. The fraction of sp³-hybridized carbons (Fsp3) is 0.714. The van der Waals surface area contributed by atoms with E-state index in [1.54, 1.807) is 11.3 Å². The maximum Gasteiger partial charge on any atom is 0.237 e. The largest absolute Gasteiger partial charge is 0.381 e. The van der Waals surface area contributed by atoms with E-state index in [9.17, 15) is 4.79 Å². The summed E-state index contributed by atoms with van der Waals surface area (Å²) < 4.78 is 5.29. The fourth-order valence-electron chi connectivity index (χ4n) is 2.24. The van der Waals surface area contributed by atoms with Gasteiger partial charge in [-0.1, -0.05) is 13.8 Å². The van der Waals surface area contributed by atoms with E-state index >= 15 is 0 Å². The molecule has 0 bridgehead atoms. The first-order valence-electron chi connectivity index (χ1n) is 7.13. The fourth-order valence-corrected chi connectivity index (χ4v) is 3.14. The van der Waals surface area contributed by atoms with Crippen molar-refractivity contribution in [3.63, 3.8) is 0 Å². The minimum atomic E-state index is -0.441. The number of carbonyl (C=O) groups excluding carboxylic acids is 1. The Kier molecular flexibility index (Phi) is 5.51. The van der Waals surface area contributed by atoms with Crippen molar-refractivity contribution in [2.75, 3.05) is 13.2 Å². The maximum atomic E-state index is 12.1. The third kappa shape index (κ3) is 4.01. The SMILES string of the molecule is CC(C)c1csc(CNC(=O)C(N)C2CCOCC2)n1. The van der Waals surface area contributed by atoms with Crippen LogP contribution in [0.1, 0.15) is 43.3 Å². The standard InChI is InChI=1S/C14H23N3O2S/c1-9(2)11-8-20-12(17-11)7-16-14(18)13(15)10-3-5-19-6-4-10/h8-10,13H,3-7,15H2,1-2H3,(H,16,18). The number of carbonyl (C=O) groups is 1. The lowest BCUT2D eigenvalue weighted by atomic mass is 9.92. The summed E-state index contributed by atoms with van der Waals surface area (Å²) in [6, 6.07) is -0.441. The molecule has 0 radical (unpaired) electrons. The van der Waals surface area contributed by atoms with Crippen LogP contribution in [0.5, 0.6) is 0 Å². The molecule has 0 aromatic carbocycles. The van der Waals surface area contributed by atoms with Crippen molar-refractivity contribution < 1.29 is 9.53 Å². The van der Waals surface area contributed by atoms with Gasteiger partial charge in [0, 0.05) is 18.6 Å². The molecule has 1 aromatic heterocycles. The van der Waals surface area contributed by atoms with Gasteiger partial charge in [0.25, 0.3) is 0 Å². The van der Waals surface area contributed by atoms with Crippen molar-refractivity contribution in [1.82, 2.24) is 10.3 Å². The second kappa shape index (κ2) is 7.15. The Morgan fingerprint density at radius 1 is 1.55 bits per heavy atom. The molecule has 1 aliphatic rings. The van der Waals surface area contributed by atoms with E-state index in [0.717, 1.165) is 23.5 Å². The first-order valence-corrected chi connectivity index (χ1v) is 8.01. The Morgan fingerprint density at radius 2 is 2.25 bits per heavy atom. The second-order valence-electron chi connectivity index (χ2n) is 5.51. The summed E-state index contributed by atoms with van der Waals surface area (Å²) in [7, 11) is 0. The zero-order valence-corrected chi connectivity index (χ0v) is 12.9. The van der Waals surface area contributed by atoms with Crippen molar-refractivity contribution in [2.45, 2.75) is 45.2 Å². The summed E-state index contributed by atoms with van der Waals surface area (Å²) >= 11 is 1.58. The van der Waals surface area contributed by atoms with Gasteiger partial charge in [0.15, 0.2) is 0 Å². The van der Waals surface area contributed by atoms with Crippen LogP contribution < -0.4 is 11.1 Å². The number of hydrogen-bond acceptors (Lipinski definition) is 5. The molecule has 112 valence electrons. The highest BCUT2D eigenvalue weighted by molar-refractivity contribution is 7.09. The summed E-state index contributed by atoms with van der Waals surface area (Å²) in [4.78, 5) is 16.6. The summed E-state index contributed by atoms with van der Waals surface area (Å²) in [5.74, 6) is 0.560. The highest BCUT2D eigenvalue weighted by atomic mass is 32.1. The first kappa shape index (κ1) is 15.4. The molecule has 0 aliphatic carbocycles. The first-order chi connectivity index (χ1) is 9.58. The lowest BCUT2D eigenvalue weighted by Gasteiger charge is -2.26. The molecule has 0 spiro atoms. The van der Waals surface area contributed by atoms with Crippen LogP contribution in [-0.4, -0.2) is 30.1 Å². The molecule has 1 aliphatic heterocycles. The van der Waals surface area contributed by atoms with Crippen molar-refractivity contribution >= 4 is 17.2 Å². The smallest absolute Gasteiger partial charge is 0.237 e. The molecule has 1 unspecified atom stereocenters. The second-order valence-corrected chi connectivity index (χ2v) is 6.46. The molecule has 6 heteroatoms. The van der Waals surface area contributed by atoms with Crippen molar-refractivity contribution in [1.29, 1.82) is 0 Å². The van der Waals surface area contributed by atoms with E-state index in [1.165, 1.54) is 0 Å². The number of rotatable bonds is 5. The van der Waals surface area contributed by atoms with Gasteiger partial charge < -0.3 is 15.8 Å². The van der Waals surface area contributed by atoms with Gasteiger partial charge in [0.1, 0.15) is 5.01 Å². The van der Waals surface area contributed by atoms with Crippen molar-refractivity contribution in [3.8, 4) is 0 Å². The molecule has 1 fully saturated rings. The summed E-state index contributed by atoms with van der Waals surface area (Å²) in [5.41, 5.74) is 7.10. The van der Waals surface area contributed by atoms with Gasteiger partial charge >= 0.3 is 0 Å². The average Bonchev–Trinajstić information content (AvgIpc) is 2.94. The number of amides is 1. The van der Waals surface area contributed by atoms with Crippen LogP contribution in [0.15, 0.2) is 5.38 Å². The maximum absolute atomic E-state index is 12.1. The van der Waals surface area contributed by atoms with Crippen molar-refractivity contribution in [3.05, 3.63) is 16.1 Å². The number of nitrogens with two attached hydrogens (primary N) is 1. The minimum Gasteiger partial charge on any atom is -0.381 e. The topological polar surface area (TPSA) is 77.2 Å². The van der Waals surface area contributed by atoms with Crippen LogP contribution in [0.2, 0.25) is 0 Å². The van der Waals surface area contributed by atoms with Gasteiger partial charge in [0.05, 0.1) is 18.3 Å². The number of nitrogens with zero attached hydrogens (tertiary/aromatic N) is 1. The lowest BCUT2D eigenvalue weighted by Crippen LogP contribution is -2.46. The zero-order chi connectivity index (χ0) is 14.5. The molecule has 1 atom stereocenters. The molecule has 1 amide bonds. The molecule has 20 heavy (non-hydrogen) atoms. The molecule has 2 rings (SSSR count). The van der Waals surface area contributed by atoms with E-state index < -0.39 is 6.04 Å². The normalized spacial score (nSPS) is 18.2. The molecule has 3 N–H and O–H groups in total. The number of thiazole rings is 1. The van der Waals surface area contributed by atoms with Crippen LogP contribution in [-0.2, 0) is 16.1 Å². The Bertz CT molecular complexity index is 441. The van der Waals surface area contributed by atoms with Gasteiger partial charge in [-0.05, 0) is 24.7 Å². The van der Waals surface area contributed by atoms with Crippen LogP contribution in [0.3, 0.4) is 0 Å².